The summed E-state index contributed by atoms with van der Waals surface area (Å²) in [5, 5.41) is 2.61. The molecule has 0 spiro atoms. The zero-order valence-corrected chi connectivity index (χ0v) is 12.0. The SMILES string of the molecule is O=CNCc1cc(-c2cnc(C(F)(F)F)nc2)ncc1C1CC1. The molecule has 120 valence electrons. The van der Waals surface area contributed by atoms with Crippen molar-refractivity contribution >= 4 is 6.41 Å². The van der Waals surface area contributed by atoms with Gasteiger partial charge in [0.05, 0.1) is 5.69 Å². The minimum atomic E-state index is -4.57. The van der Waals surface area contributed by atoms with E-state index in [0.29, 0.717) is 30.1 Å². The van der Waals surface area contributed by atoms with Crippen LogP contribution in [0.4, 0.5) is 13.2 Å². The van der Waals surface area contributed by atoms with Gasteiger partial charge in [-0.2, -0.15) is 13.2 Å². The minimum absolute atomic E-state index is 0.354. The Labute approximate surface area is 130 Å². The molecular weight excluding hydrogens is 309 g/mol. The fourth-order valence-corrected chi connectivity index (χ4v) is 2.34. The molecule has 5 nitrogen and oxygen atoms in total. The third-order valence-corrected chi connectivity index (χ3v) is 3.62. The predicted octanol–water partition coefficient (Wildman–Crippen LogP) is 2.68. The van der Waals surface area contributed by atoms with Gasteiger partial charge < -0.3 is 5.32 Å². The van der Waals surface area contributed by atoms with Gasteiger partial charge in [0, 0.05) is 30.7 Å². The maximum Gasteiger partial charge on any atom is 0.451 e. The van der Waals surface area contributed by atoms with Crippen LogP contribution in [0.3, 0.4) is 0 Å². The van der Waals surface area contributed by atoms with E-state index in [9.17, 15) is 18.0 Å². The molecule has 2 aromatic rings. The van der Waals surface area contributed by atoms with Crippen LogP contribution in [0.25, 0.3) is 11.3 Å². The maximum absolute atomic E-state index is 12.5. The number of halogens is 3. The number of aromatic nitrogens is 3. The van der Waals surface area contributed by atoms with Crippen LogP contribution in [-0.4, -0.2) is 21.4 Å². The number of carbonyl (C=O) groups is 1. The third-order valence-electron chi connectivity index (χ3n) is 3.62. The first-order chi connectivity index (χ1) is 11.0. The monoisotopic (exact) mass is 322 g/mol. The Morgan fingerprint density at radius 2 is 1.87 bits per heavy atom. The highest BCUT2D eigenvalue weighted by Gasteiger charge is 2.34. The van der Waals surface area contributed by atoms with E-state index in [2.05, 4.69) is 20.3 Å². The summed E-state index contributed by atoms with van der Waals surface area (Å²) in [5.41, 5.74) is 2.85. The van der Waals surface area contributed by atoms with E-state index in [1.807, 2.05) is 0 Å². The van der Waals surface area contributed by atoms with E-state index < -0.39 is 12.0 Å². The summed E-state index contributed by atoms with van der Waals surface area (Å²) < 4.78 is 37.5. The van der Waals surface area contributed by atoms with Crippen molar-refractivity contribution in [1.29, 1.82) is 0 Å². The summed E-state index contributed by atoms with van der Waals surface area (Å²) >= 11 is 0. The van der Waals surface area contributed by atoms with Crippen LogP contribution in [0.15, 0.2) is 24.7 Å². The molecule has 3 rings (SSSR count). The van der Waals surface area contributed by atoms with Crippen molar-refractivity contribution in [1.82, 2.24) is 20.3 Å². The Kier molecular flexibility index (Phi) is 3.97. The summed E-state index contributed by atoms with van der Waals surface area (Å²) in [7, 11) is 0. The number of carbonyl (C=O) groups excluding carboxylic acids is 1. The van der Waals surface area contributed by atoms with Crippen molar-refractivity contribution in [3.05, 3.63) is 41.6 Å². The van der Waals surface area contributed by atoms with Gasteiger partial charge in [-0.3, -0.25) is 9.78 Å². The second-order valence-corrected chi connectivity index (χ2v) is 5.33. The highest BCUT2D eigenvalue weighted by atomic mass is 19.4. The molecule has 1 amide bonds. The Hall–Kier alpha value is -2.51. The molecule has 1 aliphatic carbocycles. The molecule has 2 aromatic heterocycles. The van der Waals surface area contributed by atoms with Gasteiger partial charge in [-0.15, -0.1) is 0 Å². The van der Waals surface area contributed by atoms with Crippen molar-refractivity contribution < 1.29 is 18.0 Å². The Bertz CT molecular complexity index is 712. The highest BCUT2D eigenvalue weighted by molar-refractivity contribution is 5.59. The van der Waals surface area contributed by atoms with Gasteiger partial charge in [0.25, 0.3) is 0 Å². The van der Waals surface area contributed by atoms with E-state index in [1.54, 1.807) is 12.3 Å². The van der Waals surface area contributed by atoms with Crippen LogP contribution in [0.1, 0.15) is 35.7 Å². The van der Waals surface area contributed by atoms with Crippen molar-refractivity contribution in [2.24, 2.45) is 0 Å². The van der Waals surface area contributed by atoms with Gasteiger partial charge in [0.1, 0.15) is 0 Å². The zero-order chi connectivity index (χ0) is 16.4. The lowest BCUT2D eigenvalue weighted by Gasteiger charge is -2.11. The number of hydrogen-bond acceptors (Lipinski definition) is 4. The average Bonchev–Trinajstić information content (AvgIpc) is 3.37. The maximum atomic E-state index is 12.5. The number of rotatable bonds is 5. The summed E-state index contributed by atoms with van der Waals surface area (Å²) in [4.78, 5) is 21.5. The molecule has 0 radical (unpaired) electrons. The summed E-state index contributed by atoms with van der Waals surface area (Å²) in [5.74, 6) is -0.734. The normalized spacial score (nSPS) is 14.6. The first-order valence-electron chi connectivity index (χ1n) is 7.04. The number of alkyl halides is 3. The first-order valence-corrected chi connectivity index (χ1v) is 7.04. The standard InChI is InChI=1S/C15H13F3N4O/c16-15(17,18)14-21-5-11(6-22-14)13-3-10(4-19-8-23)12(7-20-13)9-1-2-9/h3,5-9H,1-2,4H2,(H,19,23). The molecule has 0 aliphatic heterocycles. The van der Waals surface area contributed by atoms with E-state index in [-0.39, 0.29) is 0 Å². The van der Waals surface area contributed by atoms with Crippen LogP contribution in [0, 0.1) is 0 Å². The molecule has 8 heteroatoms. The van der Waals surface area contributed by atoms with E-state index >= 15 is 0 Å². The van der Waals surface area contributed by atoms with Crippen molar-refractivity contribution in [3.8, 4) is 11.3 Å². The molecular formula is C15H13F3N4O. The molecule has 1 saturated carbocycles. The van der Waals surface area contributed by atoms with Gasteiger partial charge in [-0.25, -0.2) is 9.97 Å². The van der Waals surface area contributed by atoms with E-state index in [0.717, 1.165) is 36.4 Å². The van der Waals surface area contributed by atoms with Crippen molar-refractivity contribution in [2.75, 3.05) is 0 Å². The quantitative estimate of drug-likeness (QED) is 0.860. The summed E-state index contributed by atoms with van der Waals surface area (Å²) in [6.45, 7) is 0.354. The zero-order valence-electron chi connectivity index (χ0n) is 12.0. The molecule has 0 aromatic carbocycles. The predicted molar refractivity (Wildman–Crippen MR) is 75.1 cm³/mol. The van der Waals surface area contributed by atoms with E-state index in [1.165, 1.54) is 0 Å². The van der Waals surface area contributed by atoms with Gasteiger partial charge >= 0.3 is 6.18 Å². The Balaban J connectivity index is 1.91. The first kappa shape index (κ1) is 15.4. The van der Waals surface area contributed by atoms with Gasteiger partial charge in [-0.05, 0) is 36.0 Å². The fraction of sp³-hybridized carbons (Fsp3) is 0.333. The van der Waals surface area contributed by atoms with Crippen LogP contribution in [0.2, 0.25) is 0 Å². The molecule has 2 heterocycles. The molecule has 1 N–H and O–H groups in total. The van der Waals surface area contributed by atoms with Crippen LogP contribution in [-0.2, 0) is 17.5 Å². The molecule has 0 bridgehead atoms. The van der Waals surface area contributed by atoms with Gasteiger partial charge in [-0.1, -0.05) is 0 Å². The smallest absolute Gasteiger partial charge is 0.355 e. The van der Waals surface area contributed by atoms with Crippen molar-refractivity contribution in [2.45, 2.75) is 31.5 Å². The van der Waals surface area contributed by atoms with Crippen LogP contribution >= 0.6 is 0 Å². The minimum Gasteiger partial charge on any atom is -0.355 e. The third kappa shape index (κ3) is 3.46. The second kappa shape index (κ2) is 5.94. The molecule has 23 heavy (non-hydrogen) atoms. The number of hydrogen-bond donors (Lipinski definition) is 1. The van der Waals surface area contributed by atoms with Crippen LogP contribution in [0.5, 0.6) is 0 Å². The van der Waals surface area contributed by atoms with Gasteiger partial charge in [0.15, 0.2) is 0 Å². The summed E-state index contributed by atoms with van der Waals surface area (Å²) in [6, 6.07) is 1.76. The Morgan fingerprint density at radius 1 is 1.17 bits per heavy atom. The average molecular weight is 322 g/mol. The van der Waals surface area contributed by atoms with E-state index in [4.69, 9.17) is 0 Å². The fourth-order valence-electron chi connectivity index (χ4n) is 2.34. The Morgan fingerprint density at radius 3 is 2.43 bits per heavy atom. The largest absolute Gasteiger partial charge is 0.451 e. The second-order valence-electron chi connectivity index (χ2n) is 5.33. The summed E-state index contributed by atoms with van der Waals surface area (Å²) in [6.07, 6.45) is 2.13. The molecule has 0 saturated heterocycles. The lowest BCUT2D eigenvalue weighted by atomic mass is 10.0. The number of amides is 1. The highest BCUT2D eigenvalue weighted by Crippen LogP contribution is 2.42. The lowest BCUT2D eigenvalue weighted by molar-refractivity contribution is -0.145. The molecule has 0 unspecified atom stereocenters. The topological polar surface area (TPSA) is 67.8 Å². The number of pyridine rings is 1. The molecule has 1 fully saturated rings. The van der Waals surface area contributed by atoms with Crippen molar-refractivity contribution in [3.63, 3.8) is 0 Å². The molecule has 0 atom stereocenters. The van der Waals surface area contributed by atoms with Gasteiger partial charge in [0.2, 0.25) is 12.2 Å². The van der Waals surface area contributed by atoms with Crippen LogP contribution < -0.4 is 5.32 Å². The molecule has 1 aliphatic rings. The lowest BCUT2D eigenvalue weighted by Crippen LogP contribution is -2.12. The number of nitrogens with zero attached hydrogens (tertiary/aromatic N) is 3. The number of nitrogens with one attached hydrogen (secondary N) is 1.